The third-order valence-electron chi connectivity index (χ3n) is 11.1. The Kier molecular flexibility index (Phi) is 19.3. The van der Waals surface area contributed by atoms with Crippen molar-refractivity contribution in [1.29, 1.82) is 0 Å². The number of hydrogen-bond donors (Lipinski definition) is 1. The van der Waals surface area contributed by atoms with Crippen molar-refractivity contribution in [3.8, 4) is 11.1 Å². The maximum atomic E-state index is 11.1. The number of hydrogen-bond acceptors (Lipinski definition) is 4. The molecule has 53 heavy (non-hydrogen) atoms. The van der Waals surface area contributed by atoms with Crippen molar-refractivity contribution in [2.24, 2.45) is 45.6 Å². The van der Waals surface area contributed by atoms with Gasteiger partial charge in [-0.15, -0.1) is 13.2 Å². The minimum absolute atomic E-state index is 0. The molecule has 4 bridgehead atoms. The summed E-state index contributed by atoms with van der Waals surface area (Å²) in [5.74, 6) is 5.14. The SMILES string of the molecule is C.C.C=C.CC(C)C(C)(C)C.CC(C)CC12CC3CC(CC(C3)C1)C2.CC(C)NS(=O)(=O)C1CC1.CC(C)ON=C1c2ccccc2-c2ccccc21. The largest absolute Gasteiger partial charge is 0.393 e. The van der Waals surface area contributed by atoms with Crippen LogP contribution in [0, 0.1) is 40.4 Å². The molecule has 2 aromatic rings. The maximum Gasteiger partial charge on any atom is 0.214 e. The monoisotopic (exact) mass is 753 g/mol. The quantitative estimate of drug-likeness (QED) is 0.193. The van der Waals surface area contributed by atoms with E-state index in [1.54, 1.807) is 38.5 Å². The molecule has 0 unspecified atom stereocenters. The Morgan fingerprint density at radius 2 is 1.13 bits per heavy atom. The summed E-state index contributed by atoms with van der Waals surface area (Å²) in [6, 6.07) is 16.7. The van der Waals surface area contributed by atoms with Crippen molar-refractivity contribution in [1.82, 2.24) is 4.72 Å². The lowest BCUT2D eigenvalue weighted by atomic mass is 9.48. The van der Waals surface area contributed by atoms with Gasteiger partial charge in [0.05, 0.1) is 5.25 Å². The second-order valence-electron chi connectivity index (χ2n) is 18.2. The van der Waals surface area contributed by atoms with Crippen LogP contribution in [0.25, 0.3) is 11.1 Å². The van der Waals surface area contributed by atoms with E-state index in [0.717, 1.165) is 64.7 Å². The van der Waals surface area contributed by atoms with Crippen molar-refractivity contribution in [3.63, 3.8) is 0 Å². The Morgan fingerprint density at radius 1 is 0.755 bits per heavy atom. The number of oxime groups is 1. The van der Waals surface area contributed by atoms with Crippen molar-refractivity contribution in [2.45, 2.75) is 166 Å². The molecule has 0 radical (unpaired) electrons. The predicted molar refractivity (Wildman–Crippen MR) is 233 cm³/mol. The smallest absolute Gasteiger partial charge is 0.214 e. The summed E-state index contributed by atoms with van der Waals surface area (Å²) < 4.78 is 24.7. The fraction of sp³-hybridized carbons (Fsp3) is 0.681. The lowest BCUT2D eigenvalue weighted by Gasteiger charge is -2.57. The van der Waals surface area contributed by atoms with Crippen LogP contribution in [-0.2, 0) is 14.9 Å². The van der Waals surface area contributed by atoms with Crippen molar-refractivity contribution in [3.05, 3.63) is 72.8 Å². The molecule has 1 N–H and O–H groups in total. The highest BCUT2D eigenvalue weighted by molar-refractivity contribution is 7.90. The van der Waals surface area contributed by atoms with Crippen molar-refractivity contribution < 1.29 is 13.3 Å². The molecule has 5 nitrogen and oxygen atoms in total. The van der Waals surface area contributed by atoms with Gasteiger partial charge in [0, 0.05) is 17.2 Å². The first-order valence-electron chi connectivity index (χ1n) is 19.8. The first-order chi connectivity index (χ1) is 23.9. The summed E-state index contributed by atoms with van der Waals surface area (Å²) >= 11 is 0. The molecular weight excluding hydrogens is 673 g/mol. The molecule has 2 aromatic carbocycles. The average Bonchev–Trinajstić information content (AvgIpc) is 3.84. The van der Waals surface area contributed by atoms with Gasteiger partial charge in [0.2, 0.25) is 10.0 Å². The van der Waals surface area contributed by atoms with Crippen molar-refractivity contribution >= 4 is 15.7 Å². The fourth-order valence-electron chi connectivity index (χ4n) is 8.46. The molecule has 6 aliphatic carbocycles. The number of fused-ring (bicyclic) bond motifs is 3. The lowest BCUT2D eigenvalue weighted by Crippen LogP contribution is -2.46. The number of rotatable bonds is 7. The Morgan fingerprint density at radius 3 is 1.43 bits per heavy atom. The molecule has 5 fully saturated rings. The molecule has 0 aromatic heterocycles. The summed E-state index contributed by atoms with van der Waals surface area (Å²) in [7, 11) is -2.94. The number of benzene rings is 2. The third-order valence-corrected chi connectivity index (χ3v) is 13.3. The molecular formula is C47H80N2O3S. The summed E-state index contributed by atoms with van der Waals surface area (Å²) in [6.07, 6.45) is 12.9. The molecule has 0 spiro atoms. The zero-order valence-electron chi connectivity index (χ0n) is 34.1. The van der Waals surface area contributed by atoms with Crippen molar-refractivity contribution in [2.75, 3.05) is 0 Å². The van der Waals surface area contributed by atoms with Gasteiger partial charge in [-0.25, -0.2) is 13.1 Å². The summed E-state index contributed by atoms with van der Waals surface area (Å²) in [5.41, 5.74) is 7.04. The molecule has 0 atom stereocenters. The molecule has 0 heterocycles. The molecule has 0 saturated heterocycles. The molecule has 8 rings (SSSR count). The van der Waals surface area contributed by atoms with Gasteiger partial charge in [-0.1, -0.05) is 117 Å². The van der Waals surface area contributed by atoms with Gasteiger partial charge in [-0.3, -0.25) is 0 Å². The van der Waals surface area contributed by atoms with Crippen LogP contribution in [0.15, 0.2) is 66.8 Å². The van der Waals surface area contributed by atoms with E-state index in [-0.39, 0.29) is 32.2 Å². The Bertz CT molecular complexity index is 1420. The van der Waals surface area contributed by atoms with E-state index >= 15 is 0 Å². The molecule has 5 saturated carbocycles. The summed E-state index contributed by atoms with van der Waals surface area (Å²) in [4.78, 5) is 5.43. The molecule has 6 aliphatic rings. The summed E-state index contributed by atoms with van der Waals surface area (Å²) in [6.45, 7) is 29.7. The molecule has 0 amide bonds. The average molecular weight is 753 g/mol. The molecule has 0 aliphatic heterocycles. The van der Waals surface area contributed by atoms with E-state index in [4.69, 9.17) is 4.84 Å². The van der Waals surface area contributed by atoms with Crippen LogP contribution in [0.5, 0.6) is 0 Å². The van der Waals surface area contributed by atoms with Gasteiger partial charge in [-0.2, -0.15) is 0 Å². The van der Waals surface area contributed by atoms with E-state index in [1.165, 1.54) is 17.5 Å². The highest BCUT2D eigenvalue weighted by Gasteiger charge is 2.50. The van der Waals surface area contributed by atoms with Gasteiger partial charge >= 0.3 is 0 Å². The Hall–Kier alpha value is -2.44. The van der Waals surface area contributed by atoms with E-state index in [9.17, 15) is 8.42 Å². The van der Waals surface area contributed by atoms with E-state index in [2.05, 4.69) is 108 Å². The highest BCUT2D eigenvalue weighted by atomic mass is 32.2. The minimum Gasteiger partial charge on any atom is -0.393 e. The van der Waals surface area contributed by atoms with Crippen LogP contribution in [0.2, 0.25) is 0 Å². The normalized spacial score (nSPS) is 23.0. The van der Waals surface area contributed by atoms with Crippen LogP contribution >= 0.6 is 0 Å². The van der Waals surface area contributed by atoms with Crippen LogP contribution in [0.1, 0.15) is 160 Å². The van der Waals surface area contributed by atoms with Gasteiger partial charge in [-0.05, 0) is 137 Å². The van der Waals surface area contributed by atoms with E-state index in [0.29, 0.717) is 5.41 Å². The Balaban J connectivity index is 0.000000362. The third kappa shape index (κ3) is 14.3. The topological polar surface area (TPSA) is 67.8 Å². The van der Waals surface area contributed by atoms with Gasteiger partial charge < -0.3 is 4.84 Å². The minimum atomic E-state index is -2.94. The second-order valence-corrected chi connectivity index (χ2v) is 20.2. The van der Waals surface area contributed by atoms with Gasteiger partial charge in [0.15, 0.2) is 0 Å². The van der Waals surface area contributed by atoms with Gasteiger partial charge in [0.25, 0.3) is 0 Å². The first-order valence-corrected chi connectivity index (χ1v) is 21.4. The molecule has 6 heteroatoms. The zero-order chi connectivity index (χ0) is 38.1. The Labute approximate surface area is 328 Å². The zero-order valence-corrected chi connectivity index (χ0v) is 34.9. The summed E-state index contributed by atoms with van der Waals surface area (Å²) in [5, 5.41) is 4.23. The van der Waals surface area contributed by atoms with Gasteiger partial charge in [0.1, 0.15) is 11.8 Å². The maximum absolute atomic E-state index is 11.1. The number of sulfonamides is 1. The lowest BCUT2D eigenvalue weighted by molar-refractivity contribution is -0.0632. The number of nitrogens with one attached hydrogen (secondary N) is 1. The fourth-order valence-corrected chi connectivity index (χ4v) is 10.1. The van der Waals surface area contributed by atoms with Crippen LogP contribution in [-0.4, -0.2) is 31.5 Å². The van der Waals surface area contributed by atoms with Crippen LogP contribution < -0.4 is 4.72 Å². The number of nitrogens with zero attached hydrogens (tertiary/aromatic N) is 1. The van der Waals surface area contributed by atoms with E-state index in [1.807, 2.05) is 39.8 Å². The molecule has 302 valence electrons. The second kappa shape index (κ2) is 21.0. The predicted octanol–water partition coefficient (Wildman–Crippen LogP) is 13.3. The first kappa shape index (κ1) is 48.6. The van der Waals surface area contributed by atoms with Crippen LogP contribution in [0.4, 0.5) is 0 Å². The van der Waals surface area contributed by atoms with E-state index < -0.39 is 10.0 Å². The highest BCUT2D eigenvalue weighted by Crippen LogP contribution is 2.62. The van der Waals surface area contributed by atoms with Crippen LogP contribution in [0.3, 0.4) is 0 Å². The standard InChI is InChI=1S/C16H15NO.C14H24.C7H16.C6H13NO2S.C2H4.2CH4/c1-11(2)18-17-16-14-9-5-3-7-12(14)13-8-4-6-10-15(13)16;1-10(2)6-14-7-11-3-12(8-14)5-13(4-11)9-14;1-6(2)7(3,4)5;1-5(2)7-10(8,9)6-3-4-6;1-2;;/h3-11H,1-2H3;10-13H,3-9H2,1-2H3;6H,1-5H3;5-7H,3-4H2,1-2H3;1-2H2;2*1H4.